The highest BCUT2D eigenvalue weighted by Gasteiger charge is 2.24. The molecule has 1 aliphatic heterocycles. The summed E-state index contributed by atoms with van der Waals surface area (Å²) in [5.74, 6) is 0.160. The summed E-state index contributed by atoms with van der Waals surface area (Å²) in [6.45, 7) is -0.127. The monoisotopic (exact) mass is 403 g/mol. The van der Waals surface area contributed by atoms with Crippen LogP contribution in [0, 0.1) is 5.82 Å². The number of halogens is 1. The van der Waals surface area contributed by atoms with E-state index >= 15 is 0 Å². The van der Waals surface area contributed by atoms with Gasteiger partial charge in [0, 0.05) is 24.7 Å². The molecule has 0 fully saturated rings. The lowest BCUT2D eigenvalue weighted by atomic mass is 10.0. The Morgan fingerprint density at radius 2 is 2.11 bits per heavy atom. The van der Waals surface area contributed by atoms with Gasteiger partial charge in [0.25, 0.3) is 5.56 Å². The van der Waals surface area contributed by atoms with E-state index in [0.717, 1.165) is 20.8 Å². The number of amides is 1. The fraction of sp³-hybridized carbons (Fsp3) is 0.333. The third kappa shape index (κ3) is 3.03. The molecule has 1 unspecified atom stereocenters. The van der Waals surface area contributed by atoms with Gasteiger partial charge in [-0.25, -0.2) is 14.2 Å². The Kier molecular flexibility index (Phi) is 4.58. The molecular formula is C18H18FN5O3S. The number of aromatic nitrogens is 4. The first kappa shape index (κ1) is 18.5. The maximum absolute atomic E-state index is 13.6. The Hall–Kier alpha value is -2.88. The number of benzene rings is 1. The third-order valence-corrected chi connectivity index (χ3v) is 6.00. The number of thioether (sulfide) groups is 1. The van der Waals surface area contributed by atoms with Crippen LogP contribution in [0.2, 0.25) is 0 Å². The molecule has 0 aliphatic carbocycles. The fourth-order valence-electron chi connectivity index (χ4n) is 3.43. The van der Waals surface area contributed by atoms with E-state index in [2.05, 4.69) is 10.3 Å². The van der Waals surface area contributed by atoms with Crippen LogP contribution in [0.25, 0.3) is 11.2 Å². The van der Waals surface area contributed by atoms with Crippen molar-refractivity contribution in [2.75, 3.05) is 5.75 Å². The summed E-state index contributed by atoms with van der Waals surface area (Å²) in [4.78, 5) is 42.2. The molecule has 4 rings (SSSR count). The first-order valence-electron chi connectivity index (χ1n) is 8.69. The number of hydrogen-bond acceptors (Lipinski definition) is 5. The number of carbonyl (C=O) groups is 1. The van der Waals surface area contributed by atoms with Crippen molar-refractivity contribution in [2.45, 2.75) is 23.9 Å². The molecule has 8 nitrogen and oxygen atoms in total. The van der Waals surface area contributed by atoms with E-state index in [1.807, 2.05) is 0 Å². The smallest absolute Gasteiger partial charge is 0.332 e. The zero-order chi connectivity index (χ0) is 20.0. The number of carbonyl (C=O) groups excluding carboxylic acids is 1. The molecule has 146 valence electrons. The Bertz CT molecular complexity index is 1210. The number of rotatable bonds is 3. The van der Waals surface area contributed by atoms with Crippen LogP contribution in [-0.2, 0) is 25.4 Å². The predicted octanol–water partition coefficient (Wildman–Crippen LogP) is 0.926. The summed E-state index contributed by atoms with van der Waals surface area (Å²) in [5.41, 5.74) is 0.182. The lowest BCUT2D eigenvalue weighted by Gasteiger charge is -2.26. The minimum Gasteiger partial charge on any atom is -0.348 e. The lowest BCUT2D eigenvalue weighted by molar-refractivity contribution is -0.122. The van der Waals surface area contributed by atoms with E-state index < -0.39 is 11.2 Å². The molecule has 1 amide bonds. The zero-order valence-electron chi connectivity index (χ0n) is 15.3. The van der Waals surface area contributed by atoms with Crippen LogP contribution in [0.15, 0.2) is 39.0 Å². The molecular weight excluding hydrogens is 385 g/mol. The average molecular weight is 403 g/mol. The molecule has 3 heterocycles. The minimum absolute atomic E-state index is 0.127. The first-order valence-corrected chi connectivity index (χ1v) is 9.68. The molecule has 0 radical (unpaired) electrons. The van der Waals surface area contributed by atoms with Gasteiger partial charge in [-0.1, -0.05) is 0 Å². The minimum atomic E-state index is -0.509. The third-order valence-electron chi connectivity index (χ3n) is 4.88. The average Bonchev–Trinajstić information content (AvgIpc) is 3.08. The van der Waals surface area contributed by atoms with Crippen LogP contribution in [0.1, 0.15) is 18.0 Å². The van der Waals surface area contributed by atoms with E-state index in [1.54, 1.807) is 17.8 Å². The molecule has 0 saturated heterocycles. The Labute approximate surface area is 163 Å². The Balaban J connectivity index is 1.62. The standard InChI is InChI=1S/C18H18FN5O3S/c1-22-16-15(17(26)23(2)18(22)27)24(9-20-16)8-14(25)21-12-5-6-28-13-4-3-10(19)7-11(12)13/h3-4,7,9,12H,5-6,8H2,1-2H3,(H,21,25). The fourth-order valence-corrected chi connectivity index (χ4v) is 4.53. The van der Waals surface area contributed by atoms with Crippen LogP contribution in [0.3, 0.4) is 0 Å². The topological polar surface area (TPSA) is 90.9 Å². The largest absolute Gasteiger partial charge is 0.348 e. The van der Waals surface area contributed by atoms with Crippen molar-refractivity contribution in [2.24, 2.45) is 14.1 Å². The van der Waals surface area contributed by atoms with Gasteiger partial charge in [0.1, 0.15) is 12.4 Å². The number of hydrogen-bond donors (Lipinski definition) is 1. The second-order valence-electron chi connectivity index (χ2n) is 6.69. The highest BCUT2D eigenvalue weighted by atomic mass is 32.2. The summed E-state index contributed by atoms with van der Waals surface area (Å²) in [6, 6.07) is 4.29. The molecule has 3 aromatic rings. The van der Waals surface area contributed by atoms with Crippen molar-refractivity contribution in [3.63, 3.8) is 0 Å². The van der Waals surface area contributed by atoms with Gasteiger partial charge in [-0.15, -0.1) is 11.8 Å². The van der Waals surface area contributed by atoms with Crippen molar-refractivity contribution < 1.29 is 9.18 Å². The molecule has 0 saturated carbocycles. The number of aryl methyl sites for hydroxylation is 1. The van der Waals surface area contributed by atoms with E-state index in [1.165, 1.54) is 41.7 Å². The summed E-state index contributed by atoms with van der Waals surface area (Å²) >= 11 is 1.63. The van der Waals surface area contributed by atoms with Gasteiger partial charge >= 0.3 is 5.69 Å². The highest BCUT2D eigenvalue weighted by Crippen LogP contribution is 2.36. The maximum Gasteiger partial charge on any atom is 0.332 e. The quantitative estimate of drug-likeness (QED) is 0.703. The Morgan fingerprint density at radius 3 is 2.89 bits per heavy atom. The second-order valence-corrected chi connectivity index (χ2v) is 7.83. The highest BCUT2D eigenvalue weighted by molar-refractivity contribution is 7.99. The second kappa shape index (κ2) is 6.93. The lowest BCUT2D eigenvalue weighted by Crippen LogP contribution is -2.38. The summed E-state index contributed by atoms with van der Waals surface area (Å²) in [5, 5.41) is 2.92. The predicted molar refractivity (Wildman–Crippen MR) is 103 cm³/mol. The summed E-state index contributed by atoms with van der Waals surface area (Å²) in [6.07, 6.45) is 2.06. The molecule has 2 aromatic heterocycles. The molecule has 0 bridgehead atoms. The Morgan fingerprint density at radius 1 is 1.32 bits per heavy atom. The number of nitrogens with one attached hydrogen (secondary N) is 1. The van der Waals surface area contributed by atoms with Gasteiger partial charge in [0.05, 0.1) is 12.4 Å². The van der Waals surface area contributed by atoms with Gasteiger partial charge in [-0.05, 0) is 30.2 Å². The SMILES string of the molecule is Cn1c(=O)c2c(ncn2CC(=O)NC2CCSc3ccc(F)cc32)n(C)c1=O. The molecule has 1 aliphatic rings. The van der Waals surface area contributed by atoms with Gasteiger partial charge < -0.3 is 9.88 Å². The first-order chi connectivity index (χ1) is 13.4. The van der Waals surface area contributed by atoms with Crippen molar-refractivity contribution in [1.82, 2.24) is 24.0 Å². The van der Waals surface area contributed by atoms with Gasteiger partial charge in [-0.3, -0.25) is 18.7 Å². The van der Waals surface area contributed by atoms with Crippen LogP contribution >= 0.6 is 11.8 Å². The molecule has 1 aromatic carbocycles. The van der Waals surface area contributed by atoms with Crippen LogP contribution in [0.4, 0.5) is 4.39 Å². The van der Waals surface area contributed by atoms with Gasteiger partial charge in [0.15, 0.2) is 11.2 Å². The maximum atomic E-state index is 13.6. The summed E-state index contributed by atoms with van der Waals surface area (Å²) in [7, 11) is 2.90. The van der Waals surface area contributed by atoms with E-state index in [-0.39, 0.29) is 35.5 Å². The number of imidazole rings is 1. The molecule has 0 spiro atoms. The molecule has 28 heavy (non-hydrogen) atoms. The van der Waals surface area contributed by atoms with E-state index in [4.69, 9.17) is 0 Å². The number of fused-ring (bicyclic) bond motifs is 2. The van der Waals surface area contributed by atoms with Crippen molar-refractivity contribution >= 4 is 28.8 Å². The normalized spacial score (nSPS) is 16.2. The van der Waals surface area contributed by atoms with Gasteiger partial charge in [0.2, 0.25) is 5.91 Å². The zero-order valence-corrected chi connectivity index (χ0v) is 16.1. The van der Waals surface area contributed by atoms with Crippen LogP contribution in [0.5, 0.6) is 0 Å². The van der Waals surface area contributed by atoms with Crippen molar-refractivity contribution in [3.05, 3.63) is 56.7 Å². The van der Waals surface area contributed by atoms with Crippen molar-refractivity contribution in [3.8, 4) is 0 Å². The van der Waals surface area contributed by atoms with Gasteiger partial charge in [-0.2, -0.15) is 0 Å². The summed E-state index contributed by atoms with van der Waals surface area (Å²) < 4.78 is 17.3. The van der Waals surface area contributed by atoms with Crippen LogP contribution < -0.4 is 16.6 Å². The molecule has 10 heteroatoms. The van der Waals surface area contributed by atoms with Crippen molar-refractivity contribution in [1.29, 1.82) is 0 Å². The van der Waals surface area contributed by atoms with Crippen LogP contribution in [-0.4, -0.2) is 30.3 Å². The van der Waals surface area contributed by atoms with E-state index in [9.17, 15) is 18.8 Å². The van der Waals surface area contributed by atoms with E-state index in [0.29, 0.717) is 6.42 Å². The number of nitrogens with zero attached hydrogens (tertiary/aromatic N) is 4. The molecule has 1 atom stereocenters. The molecule has 1 N–H and O–H groups in total.